The van der Waals surface area contributed by atoms with Gasteiger partial charge in [-0.05, 0) is 77.0 Å². The van der Waals surface area contributed by atoms with Gasteiger partial charge in [0.2, 0.25) is 0 Å². The first-order valence-electron chi connectivity index (χ1n) is 24.6. The number of allylic oxidation sites excluding steroid dienone is 10. The number of hydrogen-bond acceptors (Lipinski definition) is 14. The summed E-state index contributed by atoms with van der Waals surface area (Å²) in [5.74, 6) is -1.32. The number of phosphoric acid groups is 2. The van der Waals surface area contributed by atoms with Crippen LogP contribution in [-0.4, -0.2) is 115 Å². The molecule has 1 saturated heterocycles. The van der Waals surface area contributed by atoms with Crippen LogP contribution in [0.1, 0.15) is 155 Å². The molecule has 2 fully saturated rings. The predicted molar refractivity (Wildman–Crippen MR) is 259 cm³/mol. The van der Waals surface area contributed by atoms with Gasteiger partial charge in [0.05, 0.1) is 18.8 Å². The molecule has 17 nitrogen and oxygen atoms in total. The highest BCUT2D eigenvalue weighted by atomic mass is 31.2. The molecule has 0 aromatic carbocycles. The van der Waals surface area contributed by atoms with Gasteiger partial charge < -0.3 is 49.3 Å². The van der Waals surface area contributed by atoms with Crippen LogP contribution in [0.2, 0.25) is 0 Å². The van der Waals surface area contributed by atoms with Crippen molar-refractivity contribution >= 4 is 27.6 Å². The molecule has 1 aliphatic carbocycles. The van der Waals surface area contributed by atoms with Crippen molar-refractivity contribution < 1.29 is 81.6 Å². The maximum absolute atomic E-state index is 13.0. The van der Waals surface area contributed by atoms with Crippen LogP contribution in [0.4, 0.5) is 0 Å². The standard InChI is InChI=1S/C49H82O17P2/c1-3-5-7-8-9-10-11-12-13-14-19-22-25-28-32-36-43(51)63-39(38-62-68(59,60)66-49-46(54)44(52)45(53)48(47(49)55)65-67(56,57)58)37-61-42(50)35-31-27-24-21-18-16-15-17-20-23-26-30-34-41-40(64-41)33-29-6-4-2/h6,10-11,16-18,20,24,26-27,29-30,39-41,44-49,52-55H,3-5,7-9,12-15,19,21-23,25,28,31-38H2,1-2H3,(H,59,60)(H2,56,57,58)/b11-10-,18-16-,20-17-,27-24-,29-6-,30-26-/t39-,40?,41?,44?,45?,46?,47?,48-,49+/m1/s1. The van der Waals surface area contributed by atoms with Gasteiger partial charge in [-0.25, -0.2) is 9.13 Å². The number of epoxide rings is 1. The monoisotopic (exact) mass is 1000 g/mol. The van der Waals surface area contributed by atoms with Crippen LogP contribution in [0, 0.1) is 0 Å². The van der Waals surface area contributed by atoms with E-state index in [9.17, 15) is 53.8 Å². The molecular weight excluding hydrogens is 922 g/mol. The van der Waals surface area contributed by atoms with Crippen LogP contribution in [-0.2, 0) is 46.5 Å². The Morgan fingerprint density at radius 2 is 1.04 bits per heavy atom. The zero-order valence-corrected chi connectivity index (χ0v) is 42.0. The Hall–Kier alpha value is -2.60. The molecule has 0 amide bonds. The number of carbonyl (C=O) groups excluding carboxylic acids is 2. The number of phosphoric ester groups is 2. The molecule has 1 saturated carbocycles. The summed E-state index contributed by atoms with van der Waals surface area (Å²) >= 11 is 0. The molecular formula is C49H82O17P2. The summed E-state index contributed by atoms with van der Waals surface area (Å²) in [6.45, 7) is 2.91. The third-order valence-corrected chi connectivity index (χ3v) is 12.7. The minimum Gasteiger partial charge on any atom is -0.462 e. The number of hydrogen-bond donors (Lipinski definition) is 7. The number of aliphatic hydroxyl groups excluding tert-OH is 4. The van der Waals surface area contributed by atoms with E-state index in [2.05, 4.69) is 67.0 Å². The Balaban J connectivity index is 1.80. The van der Waals surface area contributed by atoms with E-state index in [1.807, 2.05) is 24.3 Å². The van der Waals surface area contributed by atoms with Crippen LogP contribution in [0.5, 0.6) is 0 Å². The Morgan fingerprint density at radius 1 is 0.544 bits per heavy atom. The molecule has 1 heterocycles. The molecule has 10 atom stereocenters. The second kappa shape index (κ2) is 36.3. The van der Waals surface area contributed by atoms with Crippen LogP contribution >= 0.6 is 15.6 Å². The van der Waals surface area contributed by atoms with E-state index in [1.54, 1.807) is 0 Å². The predicted octanol–water partition coefficient (Wildman–Crippen LogP) is 8.61. The molecule has 7 N–H and O–H groups in total. The maximum Gasteiger partial charge on any atom is 0.472 e. The molecule has 2 rings (SSSR count). The summed E-state index contributed by atoms with van der Waals surface area (Å²) in [6.07, 6.45) is 30.5. The smallest absolute Gasteiger partial charge is 0.462 e. The van der Waals surface area contributed by atoms with E-state index in [1.165, 1.54) is 25.7 Å². The van der Waals surface area contributed by atoms with Crippen molar-refractivity contribution in [3.63, 3.8) is 0 Å². The molecule has 390 valence electrons. The fourth-order valence-electron chi connectivity index (χ4n) is 7.26. The van der Waals surface area contributed by atoms with Crippen molar-refractivity contribution in [1.82, 2.24) is 0 Å². The highest BCUT2D eigenvalue weighted by Crippen LogP contribution is 2.49. The zero-order chi connectivity index (χ0) is 50.0. The van der Waals surface area contributed by atoms with Crippen LogP contribution < -0.4 is 0 Å². The molecule has 68 heavy (non-hydrogen) atoms. The first kappa shape index (κ1) is 61.5. The third-order valence-electron chi connectivity index (χ3n) is 11.2. The van der Waals surface area contributed by atoms with E-state index in [0.29, 0.717) is 31.5 Å². The van der Waals surface area contributed by atoms with Gasteiger partial charge in [0.25, 0.3) is 0 Å². The summed E-state index contributed by atoms with van der Waals surface area (Å²) in [6, 6.07) is 0. The normalized spacial score (nSPS) is 24.8. The van der Waals surface area contributed by atoms with Crippen molar-refractivity contribution in [2.45, 2.75) is 210 Å². The molecule has 2 aliphatic rings. The molecule has 0 spiro atoms. The van der Waals surface area contributed by atoms with Crippen LogP contribution in [0.3, 0.4) is 0 Å². The lowest BCUT2D eigenvalue weighted by Crippen LogP contribution is -2.64. The van der Waals surface area contributed by atoms with Gasteiger partial charge in [-0.1, -0.05) is 138 Å². The molecule has 0 radical (unpaired) electrons. The number of rotatable bonds is 39. The lowest BCUT2D eigenvalue weighted by molar-refractivity contribution is -0.216. The Morgan fingerprint density at radius 3 is 1.62 bits per heavy atom. The SMILES string of the molecule is CC/C=C\CC1OC1C/C=C\C/C=C\C/C=C\C/C=C\CCC(=O)OC[C@H](COP(=O)(O)O[C@H]1C(O)C(O)C(O)[C@@H](OP(=O)(O)O)C1O)OC(=O)CCCCCCCCC/C=C\CCCCCC. The number of carbonyl (C=O) groups is 2. The highest BCUT2D eigenvalue weighted by Gasteiger charge is 2.54. The average molecular weight is 1010 g/mol. The summed E-state index contributed by atoms with van der Waals surface area (Å²) in [5, 5.41) is 41.3. The zero-order valence-electron chi connectivity index (χ0n) is 40.2. The summed E-state index contributed by atoms with van der Waals surface area (Å²) in [4.78, 5) is 54.3. The van der Waals surface area contributed by atoms with Crippen LogP contribution in [0.15, 0.2) is 72.9 Å². The Bertz CT molecular complexity index is 1660. The largest absolute Gasteiger partial charge is 0.472 e. The van der Waals surface area contributed by atoms with E-state index in [-0.39, 0.29) is 12.8 Å². The van der Waals surface area contributed by atoms with Crippen molar-refractivity contribution in [3.8, 4) is 0 Å². The minimum atomic E-state index is -5.38. The molecule has 0 aromatic rings. The van der Waals surface area contributed by atoms with Crippen molar-refractivity contribution in [3.05, 3.63) is 72.9 Å². The average Bonchev–Trinajstić information content (AvgIpc) is 4.05. The van der Waals surface area contributed by atoms with Crippen molar-refractivity contribution in [2.75, 3.05) is 13.2 Å². The minimum absolute atomic E-state index is 0.0116. The molecule has 1 aliphatic heterocycles. The first-order chi connectivity index (χ1) is 32.6. The maximum atomic E-state index is 13.0. The summed E-state index contributed by atoms with van der Waals surface area (Å²) in [7, 11) is -10.7. The van der Waals surface area contributed by atoms with E-state index < -0.39 is 83.5 Å². The molecule has 7 unspecified atom stereocenters. The fraction of sp³-hybridized carbons (Fsp3) is 0.714. The second-order valence-electron chi connectivity index (χ2n) is 17.2. The Kier molecular flexibility index (Phi) is 32.9. The van der Waals surface area contributed by atoms with Gasteiger partial charge in [-0.2, -0.15) is 0 Å². The first-order valence-corrected chi connectivity index (χ1v) is 27.6. The van der Waals surface area contributed by atoms with E-state index in [0.717, 1.165) is 83.5 Å². The molecule has 19 heteroatoms. The van der Waals surface area contributed by atoms with Gasteiger partial charge >= 0.3 is 27.6 Å². The Labute approximate surface area is 404 Å². The molecule has 0 aromatic heterocycles. The van der Waals surface area contributed by atoms with Gasteiger partial charge in [0, 0.05) is 12.8 Å². The quantitative estimate of drug-likeness (QED) is 0.00998. The summed E-state index contributed by atoms with van der Waals surface area (Å²) in [5.41, 5.74) is 0. The highest BCUT2D eigenvalue weighted by molar-refractivity contribution is 7.47. The van der Waals surface area contributed by atoms with E-state index >= 15 is 0 Å². The topological polar surface area (TPSA) is 269 Å². The third kappa shape index (κ3) is 29.6. The lowest BCUT2D eigenvalue weighted by atomic mass is 9.85. The van der Waals surface area contributed by atoms with Crippen molar-refractivity contribution in [1.29, 1.82) is 0 Å². The fourth-order valence-corrected chi connectivity index (χ4v) is 8.80. The van der Waals surface area contributed by atoms with Gasteiger partial charge in [-0.3, -0.25) is 23.2 Å². The van der Waals surface area contributed by atoms with Gasteiger partial charge in [0.15, 0.2) is 6.10 Å². The van der Waals surface area contributed by atoms with Crippen LogP contribution in [0.25, 0.3) is 0 Å². The second-order valence-corrected chi connectivity index (χ2v) is 19.8. The van der Waals surface area contributed by atoms with Gasteiger partial charge in [-0.15, -0.1) is 0 Å². The van der Waals surface area contributed by atoms with Crippen molar-refractivity contribution in [2.24, 2.45) is 0 Å². The number of unbranched alkanes of at least 4 members (excludes halogenated alkanes) is 11. The number of ether oxygens (including phenoxy) is 3. The molecule has 0 bridgehead atoms. The number of aliphatic hydroxyl groups is 4. The number of esters is 2. The summed E-state index contributed by atoms with van der Waals surface area (Å²) < 4.78 is 55.0. The lowest BCUT2D eigenvalue weighted by Gasteiger charge is -2.43. The van der Waals surface area contributed by atoms with E-state index in [4.69, 9.17) is 23.3 Å². The van der Waals surface area contributed by atoms with Gasteiger partial charge in [0.1, 0.15) is 43.2 Å².